The number of anilines is 5. The number of pyridine rings is 1. The number of nitrogens with one attached hydrogen (secondary N) is 3. The van der Waals surface area contributed by atoms with Crippen LogP contribution in [0, 0.1) is 12.7 Å². The van der Waals surface area contributed by atoms with Crippen LogP contribution in [0.25, 0.3) is 11.1 Å². The van der Waals surface area contributed by atoms with Gasteiger partial charge in [-0.2, -0.15) is 4.98 Å². The SMILES string of the molecule is Cc1cnc(Nc2cnc(N3CC4CC3CN4C(=O)O)c(F)c2)nc1Nc1ccc2oc(=O)[nH]c2c1. The molecule has 3 aromatic heterocycles. The molecule has 0 aliphatic carbocycles. The number of fused-ring (bicyclic) bond motifs is 3. The number of halogens is 1. The van der Waals surface area contributed by atoms with E-state index in [2.05, 4.69) is 30.6 Å². The van der Waals surface area contributed by atoms with E-state index in [0.717, 1.165) is 5.56 Å². The van der Waals surface area contributed by atoms with E-state index in [1.165, 1.54) is 17.2 Å². The van der Waals surface area contributed by atoms with Crippen LogP contribution in [0.15, 0.2) is 45.9 Å². The predicted octanol–water partition coefficient (Wildman–Crippen LogP) is 3.18. The average Bonchev–Trinajstić information content (AvgIpc) is 3.54. The molecule has 4 N–H and O–H groups in total. The number of carbonyl (C=O) groups is 1. The lowest BCUT2D eigenvalue weighted by Gasteiger charge is -2.33. The van der Waals surface area contributed by atoms with Gasteiger partial charge < -0.3 is 30.0 Å². The van der Waals surface area contributed by atoms with Crippen molar-refractivity contribution in [3.63, 3.8) is 0 Å². The van der Waals surface area contributed by atoms with Gasteiger partial charge in [-0.15, -0.1) is 0 Å². The van der Waals surface area contributed by atoms with Gasteiger partial charge in [-0.05, 0) is 31.5 Å². The maximum atomic E-state index is 15.0. The second kappa shape index (κ2) is 8.22. The highest BCUT2D eigenvalue weighted by Crippen LogP contribution is 2.35. The van der Waals surface area contributed by atoms with Gasteiger partial charge in [0.05, 0.1) is 29.5 Å². The van der Waals surface area contributed by atoms with E-state index in [9.17, 15) is 19.1 Å². The molecule has 2 aliphatic rings. The molecule has 1 amide bonds. The number of hydrogen-bond donors (Lipinski definition) is 4. The number of benzene rings is 1. The molecule has 36 heavy (non-hydrogen) atoms. The lowest BCUT2D eigenvalue weighted by Crippen LogP contribution is -2.48. The Balaban J connectivity index is 1.18. The Bertz CT molecular complexity index is 1550. The Morgan fingerprint density at radius 1 is 1.17 bits per heavy atom. The zero-order valence-electron chi connectivity index (χ0n) is 19.0. The quantitative estimate of drug-likeness (QED) is 0.327. The lowest BCUT2D eigenvalue weighted by molar-refractivity contribution is 0.137. The summed E-state index contributed by atoms with van der Waals surface area (Å²) in [5.41, 5.74) is 2.84. The Morgan fingerprint density at radius 3 is 2.78 bits per heavy atom. The first-order valence-corrected chi connectivity index (χ1v) is 11.3. The molecule has 0 spiro atoms. The van der Waals surface area contributed by atoms with Crippen LogP contribution < -0.4 is 21.3 Å². The second-order valence-electron chi connectivity index (χ2n) is 8.86. The monoisotopic (exact) mass is 492 g/mol. The molecule has 6 rings (SSSR count). The van der Waals surface area contributed by atoms with Crippen LogP contribution in [0.4, 0.5) is 38.1 Å². The molecule has 2 atom stereocenters. The van der Waals surface area contributed by atoms with Gasteiger partial charge in [0.25, 0.3) is 0 Å². The summed E-state index contributed by atoms with van der Waals surface area (Å²) in [6.45, 7) is 2.61. The summed E-state index contributed by atoms with van der Waals surface area (Å²) in [7, 11) is 0. The summed E-state index contributed by atoms with van der Waals surface area (Å²) in [5, 5.41) is 15.4. The maximum Gasteiger partial charge on any atom is 0.417 e. The molecule has 0 saturated carbocycles. The molecule has 2 unspecified atom stereocenters. The van der Waals surface area contributed by atoms with Crippen molar-refractivity contribution in [1.82, 2.24) is 24.8 Å². The number of aromatic nitrogens is 4. The van der Waals surface area contributed by atoms with Gasteiger partial charge in [-0.25, -0.2) is 23.9 Å². The fraction of sp³-hybridized carbons (Fsp3) is 0.261. The first kappa shape index (κ1) is 21.8. The van der Waals surface area contributed by atoms with Crippen molar-refractivity contribution in [3.05, 3.63) is 58.6 Å². The number of nitrogens with zero attached hydrogens (tertiary/aromatic N) is 5. The molecular formula is C23H21FN8O4. The topological polar surface area (TPSA) is 153 Å². The molecule has 184 valence electrons. The molecule has 4 aromatic rings. The normalized spacial score (nSPS) is 18.7. The van der Waals surface area contributed by atoms with E-state index in [0.29, 0.717) is 47.8 Å². The van der Waals surface area contributed by atoms with E-state index in [1.54, 1.807) is 24.4 Å². The number of carboxylic acid groups (broad SMARTS) is 1. The third kappa shape index (κ3) is 3.83. The van der Waals surface area contributed by atoms with Gasteiger partial charge in [-0.3, -0.25) is 4.98 Å². The standard InChI is InChI=1S/C23H21FN8O4/c1-11-7-26-21(30-19(11)27-12-2-3-18-17(5-12)29-22(33)36-18)28-13-4-16(24)20(25-8-13)31-9-15-6-14(31)10-32(15)23(34)35/h2-5,7-8,14-15H,6,9-10H2,1H3,(H,29,33)(H,34,35)(H2,26,27,28,30). The zero-order valence-corrected chi connectivity index (χ0v) is 19.0. The molecule has 13 heteroatoms. The number of amides is 1. The number of aromatic amines is 1. The molecule has 2 aliphatic heterocycles. The molecule has 2 bridgehead atoms. The van der Waals surface area contributed by atoms with Gasteiger partial charge >= 0.3 is 11.8 Å². The average molecular weight is 492 g/mol. The van der Waals surface area contributed by atoms with Crippen molar-refractivity contribution in [3.8, 4) is 0 Å². The Labute approximate surface area is 202 Å². The van der Waals surface area contributed by atoms with E-state index in [-0.39, 0.29) is 23.8 Å². The Kier molecular flexibility index (Phi) is 4.98. The molecule has 0 radical (unpaired) electrons. The van der Waals surface area contributed by atoms with Crippen molar-refractivity contribution < 1.29 is 18.7 Å². The van der Waals surface area contributed by atoms with Gasteiger partial charge in [0.1, 0.15) is 5.82 Å². The van der Waals surface area contributed by atoms with Crippen molar-refractivity contribution in [1.29, 1.82) is 0 Å². The van der Waals surface area contributed by atoms with Crippen LogP contribution in [0.3, 0.4) is 0 Å². The fourth-order valence-corrected chi connectivity index (χ4v) is 4.80. The number of likely N-dealkylation sites (tertiary alicyclic amines) is 1. The number of aryl methyl sites for hydroxylation is 1. The van der Waals surface area contributed by atoms with Crippen molar-refractivity contribution in [2.24, 2.45) is 0 Å². The summed E-state index contributed by atoms with van der Waals surface area (Å²) in [6, 6.07) is 6.25. The Hall–Kier alpha value is -4.68. The van der Waals surface area contributed by atoms with Crippen molar-refractivity contribution in [2.75, 3.05) is 28.6 Å². The van der Waals surface area contributed by atoms with Crippen LogP contribution in [0.5, 0.6) is 0 Å². The minimum atomic E-state index is -0.945. The fourth-order valence-electron chi connectivity index (χ4n) is 4.80. The number of piperazine rings is 1. The molecule has 2 saturated heterocycles. The minimum absolute atomic E-state index is 0.0833. The molecule has 12 nitrogen and oxygen atoms in total. The third-order valence-electron chi connectivity index (χ3n) is 6.49. The van der Waals surface area contributed by atoms with E-state index in [1.807, 2.05) is 11.8 Å². The highest BCUT2D eigenvalue weighted by Gasteiger charge is 2.46. The van der Waals surface area contributed by atoms with Gasteiger partial charge in [-0.1, -0.05) is 0 Å². The minimum Gasteiger partial charge on any atom is -0.465 e. The third-order valence-corrected chi connectivity index (χ3v) is 6.49. The first-order chi connectivity index (χ1) is 17.3. The van der Waals surface area contributed by atoms with Crippen LogP contribution >= 0.6 is 0 Å². The molecule has 1 aromatic carbocycles. The molecule has 2 fully saturated rings. The summed E-state index contributed by atoms with van der Waals surface area (Å²) in [4.78, 5) is 41.6. The van der Waals surface area contributed by atoms with Crippen LogP contribution in [-0.2, 0) is 0 Å². The highest BCUT2D eigenvalue weighted by molar-refractivity contribution is 5.78. The first-order valence-electron chi connectivity index (χ1n) is 11.3. The van der Waals surface area contributed by atoms with Crippen LogP contribution in [0.2, 0.25) is 0 Å². The van der Waals surface area contributed by atoms with Crippen molar-refractivity contribution >= 4 is 46.2 Å². The Morgan fingerprint density at radius 2 is 2.03 bits per heavy atom. The zero-order chi connectivity index (χ0) is 25.0. The van der Waals surface area contributed by atoms with Gasteiger partial charge in [0.2, 0.25) is 5.95 Å². The van der Waals surface area contributed by atoms with Crippen LogP contribution in [-0.4, -0.2) is 61.2 Å². The number of hydrogen-bond acceptors (Lipinski definition) is 9. The van der Waals surface area contributed by atoms with E-state index < -0.39 is 17.7 Å². The smallest absolute Gasteiger partial charge is 0.417 e. The second-order valence-corrected chi connectivity index (χ2v) is 8.86. The van der Waals surface area contributed by atoms with Gasteiger partial charge in [0.15, 0.2) is 17.2 Å². The maximum absolute atomic E-state index is 15.0. The number of H-pyrrole nitrogens is 1. The van der Waals surface area contributed by atoms with E-state index >= 15 is 0 Å². The summed E-state index contributed by atoms with van der Waals surface area (Å²) < 4.78 is 20.0. The summed E-state index contributed by atoms with van der Waals surface area (Å²) in [5.74, 6) is -0.0654. The molecule has 5 heterocycles. The van der Waals surface area contributed by atoms with Crippen molar-refractivity contribution in [2.45, 2.75) is 25.4 Å². The summed E-state index contributed by atoms with van der Waals surface area (Å²) >= 11 is 0. The predicted molar refractivity (Wildman–Crippen MR) is 129 cm³/mol. The van der Waals surface area contributed by atoms with E-state index in [4.69, 9.17) is 4.42 Å². The number of oxazole rings is 1. The van der Waals surface area contributed by atoms with Crippen LogP contribution in [0.1, 0.15) is 12.0 Å². The summed E-state index contributed by atoms with van der Waals surface area (Å²) in [6.07, 6.45) is 2.85. The molecular weight excluding hydrogens is 471 g/mol. The lowest BCUT2D eigenvalue weighted by atomic mass is 10.2. The van der Waals surface area contributed by atoms with Gasteiger partial charge in [0, 0.05) is 36.6 Å². The number of rotatable bonds is 5. The largest absolute Gasteiger partial charge is 0.465 e. The highest BCUT2D eigenvalue weighted by atomic mass is 19.1.